The van der Waals surface area contributed by atoms with E-state index in [0.29, 0.717) is 6.04 Å². The van der Waals surface area contributed by atoms with Gasteiger partial charge in [-0.2, -0.15) is 0 Å². The molecule has 0 aromatic carbocycles. The molecule has 1 fully saturated rings. The van der Waals surface area contributed by atoms with Gasteiger partial charge in [0.1, 0.15) is 0 Å². The van der Waals surface area contributed by atoms with Crippen molar-refractivity contribution < 1.29 is 4.79 Å². The van der Waals surface area contributed by atoms with Gasteiger partial charge in [0, 0.05) is 13.1 Å². The molecule has 0 radical (unpaired) electrons. The van der Waals surface area contributed by atoms with Gasteiger partial charge in [-0.05, 0) is 26.0 Å². The lowest BCUT2D eigenvalue weighted by molar-refractivity contribution is -0.131. The lowest BCUT2D eigenvalue weighted by Gasteiger charge is -2.32. The number of aromatic nitrogens is 2. The number of hydrogen-bond donors (Lipinski definition) is 0. The summed E-state index contributed by atoms with van der Waals surface area (Å²) < 4.78 is 1.83. The second kappa shape index (κ2) is 7.66. The van der Waals surface area contributed by atoms with E-state index in [1.807, 2.05) is 25.1 Å². The topological polar surface area (TPSA) is 46.1 Å². The van der Waals surface area contributed by atoms with Crippen molar-refractivity contribution in [3.8, 4) is 0 Å². The minimum atomic E-state index is -0.0930. The Balaban J connectivity index is 1.90. The molecule has 20 heavy (non-hydrogen) atoms. The lowest BCUT2D eigenvalue weighted by atomic mass is 9.94. The maximum atomic E-state index is 12.5. The molecule has 2 rings (SSSR count). The minimum Gasteiger partial charge on any atom is -0.342 e. The first kappa shape index (κ1) is 16.1. The molecule has 0 saturated heterocycles. The number of hydrogen-bond acceptors (Lipinski definition) is 6. The predicted molar refractivity (Wildman–Crippen MR) is 86.7 cm³/mol. The number of rotatable bonds is 5. The van der Waals surface area contributed by atoms with Crippen molar-refractivity contribution in [2.75, 3.05) is 13.3 Å². The van der Waals surface area contributed by atoms with Gasteiger partial charge >= 0.3 is 0 Å². The molecule has 1 amide bonds. The molecule has 1 saturated carbocycles. The van der Waals surface area contributed by atoms with Gasteiger partial charge < -0.3 is 4.90 Å². The fraction of sp³-hybridized carbons (Fsp3) is 0.769. The molecular weight excluding hydrogens is 310 g/mol. The fourth-order valence-electron chi connectivity index (χ4n) is 2.46. The Labute approximate surface area is 133 Å². The molecular formula is C13H21N3OS3. The van der Waals surface area contributed by atoms with E-state index >= 15 is 0 Å². The van der Waals surface area contributed by atoms with Crippen LogP contribution in [0.5, 0.6) is 0 Å². The molecule has 0 aliphatic heterocycles. The van der Waals surface area contributed by atoms with Gasteiger partial charge in [0.15, 0.2) is 8.68 Å². The molecule has 112 valence electrons. The Morgan fingerprint density at radius 2 is 1.95 bits per heavy atom. The van der Waals surface area contributed by atoms with Crippen LogP contribution in [0.15, 0.2) is 8.68 Å². The first-order valence-electron chi connectivity index (χ1n) is 6.92. The van der Waals surface area contributed by atoms with Crippen molar-refractivity contribution in [1.82, 2.24) is 15.1 Å². The van der Waals surface area contributed by atoms with E-state index in [9.17, 15) is 4.79 Å². The summed E-state index contributed by atoms with van der Waals surface area (Å²) in [5.41, 5.74) is 0. The number of thioether (sulfide) groups is 2. The van der Waals surface area contributed by atoms with Crippen LogP contribution in [-0.4, -0.2) is 45.6 Å². The van der Waals surface area contributed by atoms with Crippen LogP contribution in [0.4, 0.5) is 0 Å². The maximum absolute atomic E-state index is 12.5. The van der Waals surface area contributed by atoms with Crippen molar-refractivity contribution in [3.63, 3.8) is 0 Å². The summed E-state index contributed by atoms with van der Waals surface area (Å²) in [7, 11) is 1.95. The molecule has 1 heterocycles. The first-order chi connectivity index (χ1) is 9.61. The van der Waals surface area contributed by atoms with Crippen molar-refractivity contribution >= 4 is 40.8 Å². The van der Waals surface area contributed by atoms with Gasteiger partial charge in [-0.1, -0.05) is 54.1 Å². The second-order valence-corrected chi connectivity index (χ2v) is 8.66. The van der Waals surface area contributed by atoms with E-state index < -0.39 is 0 Å². The first-order valence-corrected chi connectivity index (χ1v) is 9.84. The van der Waals surface area contributed by atoms with Gasteiger partial charge in [-0.25, -0.2) is 0 Å². The Hall–Kier alpha value is -0.270. The molecule has 1 aliphatic carbocycles. The van der Waals surface area contributed by atoms with E-state index in [2.05, 4.69) is 10.2 Å². The van der Waals surface area contributed by atoms with E-state index in [1.165, 1.54) is 31.0 Å². The zero-order chi connectivity index (χ0) is 14.5. The quantitative estimate of drug-likeness (QED) is 0.772. The molecule has 1 unspecified atom stereocenters. The summed E-state index contributed by atoms with van der Waals surface area (Å²) in [6, 6.07) is 0.426. The van der Waals surface area contributed by atoms with Crippen LogP contribution in [0.25, 0.3) is 0 Å². The molecule has 1 aliphatic rings. The Kier molecular flexibility index (Phi) is 6.17. The molecule has 4 nitrogen and oxygen atoms in total. The third-order valence-electron chi connectivity index (χ3n) is 3.66. The highest BCUT2D eigenvalue weighted by Gasteiger charge is 2.26. The van der Waals surface area contributed by atoms with Crippen molar-refractivity contribution in [1.29, 1.82) is 0 Å². The summed E-state index contributed by atoms with van der Waals surface area (Å²) >= 11 is 4.67. The van der Waals surface area contributed by atoms with E-state index in [4.69, 9.17) is 0 Å². The van der Waals surface area contributed by atoms with Gasteiger partial charge in [-0.3, -0.25) is 4.79 Å². The highest BCUT2D eigenvalue weighted by molar-refractivity contribution is 8.03. The summed E-state index contributed by atoms with van der Waals surface area (Å²) in [6.07, 6.45) is 8.09. The summed E-state index contributed by atoms with van der Waals surface area (Å²) in [5.74, 6) is 0.211. The van der Waals surface area contributed by atoms with Crippen LogP contribution in [-0.2, 0) is 4.79 Å². The zero-order valence-electron chi connectivity index (χ0n) is 12.2. The number of nitrogens with zero attached hydrogens (tertiary/aromatic N) is 3. The highest BCUT2D eigenvalue weighted by Crippen LogP contribution is 2.31. The van der Waals surface area contributed by atoms with Crippen LogP contribution in [0.3, 0.4) is 0 Å². The van der Waals surface area contributed by atoms with Gasteiger partial charge in [-0.15, -0.1) is 10.2 Å². The van der Waals surface area contributed by atoms with Crippen LogP contribution in [0, 0.1) is 0 Å². The Morgan fingerprint density at radius 3 is 2.55 bits per heavy atom. The van der Waals surface area contributed by atoms with E-state index in [0.717, 1.165) is 21.5 Å². The molecule has 0 bridgehead atoms. The molecule has 1 aromatic heterocycles. The SMILES string of the molecule is CSc1nnc(SC(C)C(=O)N(C)C2CCCCC2)s1. The van der Waals surface area contributed by atoms with Crippen LogP contribution >= 0.6 is 34.9 Å². The van der Waals surface area contributed by atoms with Gasteiger partial charge in [0.05, 0.1) is 5.25 Å². The van der Waals surface area contributed by atoms with Crippen molar-refractivity contribution in [3.05, 3.63) is 0 Å². The molecule has 0 N–H and O–H groups in total. The van der Waals surface area contributed by atoms with E-state index in [1.54, 1.807) is 23.1 Å². The predicted octanol–water partition coefficient (Wildman–Crippen LogP) is 3.53. The third kappa shape index (κ3) is 4.11. The van der Waals surface area contributed by atoms with Crippen LogP contribution < -0.4 is 0 Å². The standard InChI is InChI=1S/C13H21N3OS3/c1-9(19-13-15-14-12(18-3)20-13)11(17)16(2)10-7-5-4-6-8-10/h9-10H,4-8H2,1-3H3. The summed E-state index contributed by atoms with van der Waals surface area (Å²) in [6.45, 7) is 1.96. The van der Waals surface area contributed by atoms with Crippen molar-refractivity contribution in [2.24, 2.45) is 0 Å². The average Bonchev–Trinajstić information content (AvgIpc) is 2.94. The van der Waals surface area contributed by atoms with E-state index in [-0.39, 0.29) is 11.2 Å². The smallest absolute Gasteiger partial charge is 0.235 e. The Morgan fingerprint density at radius 1 is 1.30 bits per heavy atom. The van der Waals surface area contributed by atoms with Crippen LogP contribution in [0.1, 0.15) is 39.0 Å². The van der Waals surface area contributed by atoms with Crippen LogP contribution in [0.2, 0.25) is 0 Å². The normalized spacial score (nSPS) is 17.9. The molecule has 1 aromatic rings. The van der Waals surface area contributed by atoms with Gasteiger partial charge in [0.2, 0.25) is 5.91 Å². The largest absolute Gasteiger partial charge is 0.342 e. The summed E-state index contributed by atoms with van der Waals surface area (Å²) in [4.78, 5) is 14.4. The summed E-state index contributed by atoms with van der Waals surface area (Å²) in [5, 5.41) is 8.10. The minimum absolute atomic E-state index is 0.0930. The molecule has 7 heteroatoms. The number of amides is 1. The molecule has 1 atom stereocenters. The fourth-order valence-corrected chi connectivity index (χ4v) is 5.15. The highest BCUT2D eigenvalue weighted by atomic mass is 32.2. The third-order valence-corrected chi connectivity index (χ3v) is 6.73. The maximum Gasteiger partial charge on any atom is 0.235 e. The molecule has 0 spiro atoms. The monoisotopic (exact) mass is 331 g/mol. The number of carbonyl (C=O) groups is 1. The zero-order valence-corrected chi connectivity index (χ0v) is 14.6. The van der Waals surface area contributed by atoms with Crippen molar-refractivity contribution in [2.45, 2.75) is 59.0 Å². The second-order valence-electron chi connectivity index (χ2n) is 5.04. The Bertz CT molecular complexity index is 446. The average molecular weight is 332 g/mol. The lowest BCUT2D eigenvalue weighted by Crippen LogP contribution is -2.42. The van der Waals surface area contributed by atoms with Gasteiger partial charge in [0.25, 0.3) is 0 Å². The number of carbonyl (C=O) groups excluding carboxylic acids is 1.